The van der Waals surface area contributed by atoms with Crippen LogP contribution in [-0.4, -0.2) is 45.9 Å². The number of nitrogens with zero attached hydrogens (tertiary/aromatic N) is 1. The van der Waals surface area contributed by atoms with Crippen LogP contribution in [0.25, 0.3) is 0 Å². The number of carboxylic acid groups (broad SMARTS) is 1. The van der Waals surface area contributed by atoms with Gasteiger partial charge in [-0.1, -0.05) is 94.8 Å². The molecule has 1 fully saturated rings. The number of piperidine rings is 1. The smallest absolute Gasteiger partial charge is 0.383 e. The summed E-state index contributed by atoms with van der Waals surface area (Å²) in [6.07, 6.45) is 5.59. The number of carboxylic acids is 1. The lowest BCUT2D eigenvalue weighted by molar-refractivity contribution is -0.899. The number of carbonyl (C=O) groups excluding carboxylic acids is 2. The molecule has 200 valence electrons. The predicted molar refractivity (Wildman–Crippen MR) is 147 cm³/mol. The summed E-state index contributed by atoms with van der Waals surface area (Å²) >= 11 is 0. The standard InChI is InChI=1S/C32H43NO4/c1-5-14-27(20-13-17-24-15-9-7-10-16-24)33(30(35)29(34)32(3,4)6-2)22-21-26(23-28(33)31(36)37)25-18-11-8-12-19-25/h7-12,15-16,18-19,26-28H,5-6,13-14,17,20-23H2,1-4H3/p+1. The van der Waals surface area contributed by atoms with Gasteiger partial charge >= 0.3 is 11.9 Å². The molecule has 5 nitrogen and oxygen atoms in total. The Bertz CT molecular complexity index is 1050. The molecule has 0 bridgehead atoms. The Labute approximate surface area is 222 Å². The highest BCUT2D eigenvalue weighted by molar-refractivity contribution is 6.35. The monoisotopic (exact) mass is 506 g/mol. The Balaban J connectivity index is 2.01. The van der Waals surface area contributed by atoms with Crippen LogP contribution >= 0.6 is 0 Å². The molecule has 1 amide bonds. The van der Waals surface area contributed by atoms with Crippen molar-refractivity contribution in [2.75, 3.05) is 6.54 Å². The van der Waals surface area contributed by atoms with Crippen molar-refractivity contribution < 1.29 is 24.0 Å². The van der Waals surface area contributed by atoms with Crippen molar-refractivity contribution in [3.05, 3.63) is 71.8 Å². The van der Waals surface area contributed by atoms with E-state index in [0.717, 1.165) is 31.2 Å². The Morgan fingerprint density at radius 2 is 1.59 bits per heavy atom. The van der Waals surface area contributed by atoms with E-state index in [9.17, 15) is 19.5 Å². The lowest BCUT2D eigenvalue weighted by atomic mass is 9.78. The maximum Gasteiger partial charge on any atom is 0.383 e. The van der Waals surface area contributed by atoms with Crippen LogP contribution in [0.15, 0.2) is 60.7 Å². The molecule has 0 aliphatic carbocycles. The first-order chi connectivity index (χ1) is 17.7. The van der Waals surface area contributed by atoms with Gasteiger partial charge in [-0.2, -0.15) is 0 Å². The van der Waals surface area contributed by atoms with E-state index in [1.165, 1.54) is 5.56 Å². The molecule has 4 atom stereocenters. The van der Waals surface area contributed by atoms with Gasteiger partial charge in [0, 0.05) is 24.7 Å². The van der Waals surface area contributed by atoms with Crippen LogP contribution in [-0.2, 0) is 20.8 Å². The number of hydrogen-bond acceptors (Lipinski definition) is 3. The molecule has 0 aromatic heterocycles. The Kier molecular flexibility index (Phi) is 9.83. The van der Waals surface area contributed by atoms with Crippen LogP contribution in [0.5, 0.6) is 0 Å². The molecule has 3 rings (SSSR count). The molecule has 0 saturated carbocycles. The number of likely N-dealkylation sites (tertiary alicyclic amines) is 1. The van der Waals surface area contributed by atoms with Gasteiger partial charge in [0.15, 0.2) is 6.04 Å². The highest BCUT2D eigenvalue weighted by Gasteiger charge is 2.59. The largest absolute Gasteiger partial charge is 0.477 e. The number of hydrogen-bond donors (Lipinski definition) is 1. The predicted octanol–water partition coefficient (Wildman–Crippen LogP) is 6.56. The topological polar surface area (TPSA) is 71.4 Å². The number of rotatable bonds is 12. The van der Waals surface area contributed by atoms with Gasteiger partial charge in [0.1, 0.15) is 0 Å². The summed E-state index contributed by atoms with van der Waals surface area (Å²) < 4.78 is -0.233. The number of Topliss-reactive ketones (excluding diaryl/α,β-unsaturated/α-hetero) is 1. The summed E-state index contributed by atoms with van der Waals surface area (Å²) in [5.41, 5.74) is 1.52. The van der Waals surface area contributed by atoms with Gasteiger partial charge in [-0.05, 0) is 42.7 Å². The average Bonchev–Trinajstić information content (AvgIpc) is 2.92. The van der Waals surface area contributed by atoms with Crippen LogP contribution < -0.4 is 0 Å². The van der Waals surface area contributed by atoms with E-state index < -0.39 is 29.1 Å². The van der Waals surface area contributed by atoms with Crippen molar-refractivity contribution in [1.29, 1.82) is 0 Å². The van der Waals surface area contributed by atoms with Crippen molar-refractivity contribution >= 4 is 17.7 Å². The maximum atomic E-state index is 14.3. The lowest BCUT2D eigenvalue weighted by Crippen LogP contribution is -2.71. The van der Waals surface area contributed by atoms with Gasteiger partial charge < -0.3 is 5.11 Å². The molecule has 1 N–H and O–H groups in total. The van der Waals surface area contributed by atoms with Crippen molar-refractivity contribution in [2.45, 2.75) is 97.1 Å². The maximum absolute atomic E-state index is 14.3. The molecule has 5 heteroatoms. The number of quaternary nitrogens is 1. The highest BCUT2D eigenvalue weighted by Crippen LogP contribution is 2.42. The van der Waals surface area contributed by atoms with E-state index in [1.54, 1.807) is 13.8 Å². The minimum Gasteiger partial charge on any atom is -0.477 e. The van der Waals surface area contributed by atoms with Crippen molar-refractivity contribution in [1.82, 2.24) is 0 Å². The molecule has 1 aliphatic rings. The van der Waals surface area contributed by atoms with Gasteiger partial charge in [0.25, 0.3) is 5.78 Å². The first kappa shape index (κ1) is 28.8. The minimum absolute atomic E-state index is 0.0576. The molecular formula is C32H44NO4+. The van der Waals surface area contributed by atoms with Crippen LogP contribution in [0.2, 0.25) is 0 Å². The third kappa shape index (κ3) is 6.38. The fraction of sp³-hybridized carbons (Fsp3) is 0.531. The summed E-state index contributed by atoms with van der Waals surface area (Å²) in [7, 11) is 0. The average molecular weight is 507 g/mol. The third-order valence-electron chi connectivity index (χ3n) is 8.66. The zero-order chi connectivity index (χ0) is 27.1. The van der Waals surface area contributed by atoms with E-state index in [0.29, 0.717) is 32.2 Å². The summed E-state index contributed by atoms with van der Waals surface area (Å²) in [6, 6.07) is 19.1. The second-order valence-corrected chi connectivity index (χ2v) is 11.3. The van der Waals surface area contributed by atoms with E-state index in [-0.39, 0.29) is 16.4 Å². The first-order valence-electron chi connectivity index (χ1n) is 14.0. The van der Waals surface area contributed by atoms with E-state index in [2.05, 4.69) is 19.1 Å². The van der Waals surface area contributed by atoms with Crippen molar-refractivity contribution in [3.63, 3.8) is 0 Å². The molecule has 1 aliphatic heterocycles. The Hall–Kier alpha value is -2.79. The minimum atomic E-state index is -0.972. The second-order valence-electron chi connectivity index (χ2n) is 11.3. The molecule has 4 unspecified atom stereocenters. The zero-order valence-corrected chi connectivity index (χ0v) is 23.0. The molecule has 1 heterocycles. The number of carbonyl (C=O) groups is 3. The highest BCUT2D eigenvalue weighted by atomic mass is 16.4. The van der Waals surface area contributed by atoms with Gasteiger partial charge in [0.2, 0.25) is 0 Å². The van der Waals surface area contributed by atoms with Gasteiger partial charge in [-0.15, -0.1) is 0 Å². The molecule has 0 spiro atoms. The zero-order valence-electron chi connectivity index (χ0n) is 23.0. The van der Waals surface area contributed by atoms with E-state index >= 15 is 0 Å². The molecule has 2 aromatic carbocycles. The van der Waals surface area contributed by atoms with Crippen LogP contribution in [0.3, 0.4) is 0 Å². The fourth-order valence-electron chi connectivity index (χ4n) is 6.04. The van der Waals surface area contributed by atoms with E-state index in [4.69, 9.17) is 0 Å². The number of ketones is 1. The normalized spacial score (nSPS) is 22.8. The fourth-order valence-corrected chi connectivity index (χ4v) is 6.04. The molecule has 0 radical (unpaired) electrons. The van der Waals surface area contributed by atoms with Gasteiger partial charge in [-0.25, -0.2) is 14.1 Å². The van der Waals surface area contributed by atoms with E-state index in [1.807, 2.05) is 55.5 Å². The van der Waals surface area contributed by atoms with Crippen molar-refractivity contribution in [3.8, 4) is 0 Å². The number of amides is 1. The van der Waals surface area contributed by atoms with Crippen LogP contribution in [0.1, 0.15) is 89.7 Å². The molecule has 37 heavy (non-hydrogen) atoms. The number of aliphatic carboxylic acids is 1. The van der Waals surface area contributed by atoms with Gasteiger partial charge in [0.05, 0.1) is 12.6 Å². The number of aryl methyl sites for hydroxylation is 1. The summed E-state index contributed by atoms with van der Waals surface area (Å²) in [5, 5.41) is 10.6. The summed E-state index contributed by atoms with van der Waals surface area (Å²) in [4.78, 5) is 40.9. The van der Waals surface area contributed by atoms with Crippen LogP contribution in [0, 0.1) is 5.41 Å². The molecule has 1 saturated heterocycles. The lowest BCUT2D eigenvalue weighted by Gasteiger charge is -2.50. The van der Waals surface area contributed by atoms with Crippen molar-refractivity contribution in [2.24, 2.45) is 5.41 Å². The second kappa shape index (κ2) is 12.6. The third-order valence-corrected chi connectivity index (χ3v) is 8.66. The summed E-state index contributed by atoms with van der Waals surface area (Å²) in [6.45, 7) is 7.99. The molecule has 2 aromatic rings. The quantitative estimate of drug-likeness (QED) is 0.261. The van der Waals surface area contributed by atoms with Gasteiger partial charge in [-0.3, -0.25) is 4.79 Å². The number of benzene rings is 2. The summed E-state index contributed by atoms with van der Waals surface area (Å²) in [5.74, 6) is -1.84. The SMILES string of the molecule is CCCC(CCCc1ccccc1)[N+]1(C(=O)C(=O)C(C)(C)CC)CCC(c2ccccc2)CC1C(=O)O. The Morgan fingerprint density at radius 1 is 0.973 bits per heavy atom. The first-order valence-corrected chi connectivity index (χ1v) is 14.0. The van der Waals surface area contributed by atoms with Crippen LogP contribution in [0.4, 0.5) is 0 Å². The molecular weight excluding hydrogens is 462 g/mol. The Morgan fingerprint density at radius 3 is 2.16 bits per heavy atom.